The molecule has 7 heteroatoms. The third-order valence-corrected chi connectivity index (χ3v) is 3.27. The number of rotatable bonds is 4. The molecule has 0 atom stereocenters. The van der Waals surface area contributed by atoms with Crippen LogP contribution in [0.3, 0.4) is 0 Å². The van der Waals surface area contributed by atoms with E-state index in [-0.39, 0.29) is 0 Å². The molecule has 0 saturated carbocycles. The van der Waals surface area contributed by atoms with Crippen molar-refractivity contribution < 1.29 is 0 Å². The van der Waals surface area contributed by atoms with Crippen LogP contribution in [-0.2, 0) is 26.6 Å². The Kier molecular flexibility index (Phi) is 2.73. The lowest BCUT2D eigenvalue weighted by Crippen LogP contribution is -2.12. The van der Waals surface area contributed by atoms with E-state index in [1.807, 2.05) is 33.2 Å². The largest absolute Gasteiger partial charge is 0.369 e. The van der Waals surface area contributed by atoms with Gasteiger partial charge in [0.2, 0.25) is 5.95 Å². The van der Waals surface area contributed by atoms with Crippen LogP contribution in [0, 0.1) is 0 Å². The van der Waals surface area contributed by atoms with E-state index in [1.54, 1.807) is 6.20 Å². The van der Waals surface area contributed by atoms with E-state index in [0.717, 1.165) is 36.4 Å². The van der Waals surface area contributed by atoms with Crippen molar-refractivity contribution in [2.24, 2.45) is 7.05 Å². The van der Waals surface area contributed by atoms with Gasteiger partial charge in [-0.15, -0.1) is 0 Å². The standard InChI is InChI=1S/C12H17N7/c1-3-9-10-11(17(2)16-9)19(12(13)15-10)8-7-18-6-4-5-14-18/h4-6H,3,7-8H2,1-2H3,(H2,13,15). The molecule has 0 spiro atoms. The molecule has 0 radical (unpaired) electrons. The molecule has 0 aliphatic carbocycles. The van der Waals surface area contributed by atoms with E-state index in [9.17, 15) is 0 Å². The molecule has 2 N–H and O–H groups in total. The van der Waals surface area contributed by atoms with Crippen molar-refractivity contribution >= 4 is 17.1 Å². The molecule has 100 valence electrons. The number of hydrogen-bond acceptors (Lipinski definition) is 4. The minimum atomic E-state index is 0.532. The molecule has 3 aromatic heterocycles. The predicted octanol–water partition coefficient (Wildman–Crippen LogP) is 0.811. The molecule has 0 unspecified atom stereocenters. The van der Waals surface area contributed by atoms with Crippen LogP contribution >= 0.6 is 0 Å². The van der Waals surface area contributed by atoms with Crippen molar-refractivity contribution in [3.05, 3.63) is 24.2 Å². The highest BCUT2D eigenvalue weighted by molar-refractivity contribution is 5.77. The molecule has 3 aromatic rings. The van der Waals surface area contributed by atoms with E-state index in [4.69, 9.17) is 5.73 Å². The molecule has 3 heterocycles. The second-order valence-corrected chi connectivity index (χ2v) is 4.49. The monoisotopic (exact) mass is 259 g/mol. The lowest BCUT2D eigenvalue weighted by atomic mass is 10.3. The summed E-state index contributed by atoms with van der Waals surface area (Å²) in [4.78, 5) is 4.43. The zero-order valence-corrected chi connectivity index (χ0v) is 11.1. The van der Waals surface area contributed by atoms with Crippen molar-refractivity contribution in [2.75, 3.05) is 5.73 Å². The highest BCUT2D eigenvalue weighted by Crippen LogP contribution is 2.21. The van der Waals surface area contributed by atoms with Gasteiger partial charge in [0.25, 0.3) is 0 Å². The fourth-order valence-electron chi connectivity index (χ4n) is 2.35. The number of aryl methyl sites for hydroxylation is 4. The van der Waals surface area contributed by atoms with E-state index in [0.29, 0.717) is 5.95 Å². The van der Waals surface area contributed by atoms with Gasteiger partial charge in [-0.3, -0.25) is 13.9 Å². The molecule has 0 bridgehead atoms. The Labute approximate surface area is 110 Å². The van der Waals surface area contributed by atoms with Crippen molar-refractivity contribution in [3.8, 4) is 0 Å². The Hall–Kier alpha value is -2.31. The molecular formula is C12H17N7. The topological polar surface area (TPSA) is 79.5 Å². The molecule has 0 aliphatic heterocycles. The van der Waals surface area contributed by atoms with E-state index in [1.165, 1.54) is 0 Å². The van der Waals surface area contributed by atoms with Crippen molar-refractivity contribution in [1.29, 1.82) is 0 Å². The minimum Gasteiger partial charge on any atom is -0.369 e. The first-order chi connectivity index (χ1) is 9.20. The predicted molar refractivity (Wildman–Crippen MR) is 72.5 cm³/mol. The van der Waals surface area contributed by atoms with Crippen LogP contribution < -0.4 is 5.73 Å². The van der Waals surface area contributed by atoms with Gasteiger partial charge in [0.05, 0.1) is 12.2 Å². The minimum absolute atomic E-state index is 0.532. The summed E-state index contributed by atoms with van der Waals surface area (Å²) < 4.78 is 5.71. The molecule has 0 aromatic carbocycles. The smallest absolute Gasteiger partial charge is 0.202 e. The van der Waals surface area contributed by atoms with Crippen LogP contribution in [0.15, 0.2) is 18.5 Å². The second kappa shape index (κ2) is 4.42. The van der Waals surface area contributed by atoms with Crippen LogP contribution in [0.5, 0.6) is 0 Å². The fourth-order valence-corrected chi connectivity index (χ4v) is 2.35. The molecule has 7 nitrogen and oxygen atoms in total. The SMILES string of the molecule is CCc1nn(C)c2c1nc(N)n2CCn1cccn1. The average molecular weight is 259 g/mol. The van der Waals surface area contributed by atoms with Gasteiger partial charge in [0.15, 0.2) is 5.65 Å². The summed E-state index contributed by atoms with van der Waals surface area (Å²) in [5, 5.41) is 8.66. The van der Waals surface area contributed by atoms with Gasteiger partial charge < -0.3 is 5.73 Å². The molecule has 0 amide bonds. The lowest BCUT2D eigenvalue weighted by Gasteiger charge is -2.06. The summed E-state index contributed by atoms with van der Waals surface area (Å²) in [5.74, 6) is 0.532. The van der Waals surface area contributed by atoms with E-state index in [2.05, 4.69) is 22.1 Å². The van der Waals surface area contributed by atoms with Crippen LogP contribution in [-0.4, -0.2) is 29.1 Å². The first kappa shape index (κ1) is 11.8. The number of fused-ring (bicyclic) bond motifs is 1. The number of nitrogens with two attached hydrogens (primary N) is 1. The third kappa shape index (κ3) is 1.87. The first-order valence-electron chi connectivity index (χ1n) is 6.35. The number of nitrogen functional groups attached to an aromatic ring is 1. The van der Waals surface area contributed by atoms with Crippen LogP contribution in [0.1, 0.15) is 12.6 Å². The quantitative estimate of drug-likeness (QED) is 0.752. The summed E-state index contributed by atoms with van der Waals surface area (Å²) in [7, 11) is 1.92. The average Bonchev–Trinajstić information content (AvgIpc) is 3.06. The normalized spacial score (nSPS) is 11.5. The fraction of sp³-hybridized carbons (Fsp3) is 0.417. The second-order valence-electron chi connectivity index (χ2n) is 4.49. The molecule has 0 aliphatic rings. The van der Waals surface area contributed by atoms with E-state index < -0.39 is 0 Å². The van der Waals surface area contributed by atoms with Gasteiger partial charge in [0, 0.05) is 26.0 Å². The maximum Gasteiger partial charge on any atom is 0.202 e. The van der Waals surface area contributed by atoms with Gasteiger partial charge >= 0.3 is 0 Å². The maximum atomic E-state index is 6.01. The Morgan fingerprint density at radius 2 is 2.16 bits per heavy atom. The Morgan fingerprint density at radius 1 is 1.32 bits per heavy atom. The van der Waals surface area contributed by atoms with Crippen molar-refractivity contribution in [2.45, 2.75) is 26.4 Å². The number of anilines is 1. The van der Waals surface area contributed by atoms with Gasteiger partial charge in [-0.05, 0) is 12.5 Å². The Balaban J connectivity index is 1.98. The van der Waals surface area contributed by atoms with Gasteiger partial charge in [-0.25, -0.2) is 4.98 Å². The van der Waals surface area contributed by atoms with Crippen LogP contribution in [0.2, 0.25) is 0 Å². The highest BCUT2D eigenvalue weighted by Gasteiger charge is 2.16. The zero-order valence-electron chi connectivity index (χ0n) is 11.1. The number of imidazole rings is 1. The molecule has 0 saturated heterocycles. The van der Waals surface area contributed by atoms with Gasteiger partial charge in [-0.1, -0.05) is 6.92 Å². The zero-order chi connectivity index (χ0) is 13.4. The van der Waals surface area contributed by atoms with Gasteiger partial charge in [0.1, 0.15) is 5.52 Å². The van der Waals surface area contributed by atoms with E-state index >= 15 is 0 Å². The molecule has 0 fully saturated rings. The Bertz CT molecular complexity index is 689. The number of nitrogens with zero attached hydrogens (tertiary/aromatic N) is 6. The highest BCUT2D eigenvalue weighted by atomic mass is 15.4. The van der Waals surface area contributed by atoms with Gasteiger partial charge in [-0.2, -0.15) is 10.2 Å². The summed E-state index contributed by atoms with van der Waals surface area (Å²) in [6.07, 6.45) is 4.56. The third-order valence-electron chi connectivity index (χ3n) is 3.27. The van der Waals surface area contributed by atoms with Crippen molar-refractivity contribution in [1.82, 2.24) is 29.1 Å². The first-order valence-corrected chi connectivity index (χ1v) is 6.35. The number of aromatic nitrogens is 6. The summed E-state index contributed by atoms with van der Waals surface area (Å²) in [5.41, 5.74) is 8.88. The maximum absolute atomic E-state index is 6.01. The summed E-state index contributed by atoms with van der Waals surface area (Å²) in [6.45, 7) is 3.56. The summed E-state index contributed by atoms with van der Waals surface area (Å²) in [6, 6.07) is 1.91. The van der Waals surface area contributed by atoms with Crippen LogP contribution in [0.4, 0.5) is 5.95 Å². The molecule has 3 rings (SSSR count). The lowest BCUT2D eigenvalue weighted by molar-refractivity contribution is 0.537. The summed E-state index contributed by atoms with van der Waals surface area (Å²) >= 11 is 0. The van der Waals surface area contributed by atoms with Crippen LogP contribution in [0.25, 0.3) is 11.2 Å². The molecule has 19 heavy (non-hydrogen) atoms. The van der Waals surface area contributed by atoms with Crippen molar-refractivity contribution in [3.63, 3.8) is 0 Å². The molecular weight excluding hydrogens is 242 g/mol. The Morgan fingerprint density at radius 3 is 2.84 bits per heavy atom. The number of hydrogen-bond donors (Lipinski definition) is 1.